The van der Waals surface area contributed by atoms with Gasteiger partial charge in [-0.05, 0) is 25.0 Å². The largest absolute Gasteiger partial charge is 0.369 e. The normalized spacial score (nSPS) is 20.1. The minimum Gasteiger partial charge on any atom is -0.369 e. The first kappa shape index (κ1) is 24.9. The van der Waals surface area contributed by atoms with Crippen molar-refractivity contribution in [1.29, 1.82) is 0 Å². The zero-order valence-electron chi connectivity index (χ0n) is 19.7. The molecule has 0 unspecified atom stereocenters. The molecule has 5 N–H and O–H groups in total. The Morgan fingerprint density at radius 1 is 1.03 bits per heavy atom. The molecule has 2 aromatic heterocycles. The summed E-state index contributed by atoms with van der Waals surface area (Å²) in [5.74, 6) is -0.121. The Balaban J connectivity index is 1.76. The van der Waals surface area contributed by atoms with Crippen LogP contribution in [0.2, 0.25) is 0 Å². The van der Waals surface area contributed by atoms with Gasteiger partial charge in [-0.1, -0.05) is 19.9 Å². The Bertz CT molecular complexity index is 999. The average molecular weight is 469 g/mol. The first-order chi connectivity index (χ1) is 16.3. The Labute approximate surface area is 198 Å². The Morgan fingerprint density at radius 3 is 2.56 bits per heavy atom. The van der Waals surface area contributed by atoms with Gasteiger partial charge >= 0.3 is 0 Å². The highest BCUT2D eigenvalue weighted by Crippen LogP contribution is 2.12. The number of nitrogens with one attached hydrogen (secondary N) is 5. The number of nitrogens with zero attached hydrogens (tertiary/aromatic N) is 3. The Morgan fingerprint density at radius 2 is 1.82 bits per heavy atom. The molecule has 3 rings (SSSR count). The molecule has 1 aliphatic heterocycles. The lowest BCUT2D eigenvalue weighted by atomic mass is 10.0. The van der Waals surface area contributed by atoms with Crippen LogP contribution in [0.25, 0.3) is 0 Å². The maximum absolute atomic E-state index is 12.6. The molecule has 3 heterocycles. The zero-order valence-corrected chi connectivity index (χ0v) is 19.7. The van der Waals surface area contributed by atoms with E-state index in [2.05, 4.69) is 41.5 Å². The zero-order chi connectivity index (χ0) is 24.5. The van der Waals surface area contributed by atoms with Crippen molar-refractivity contribution < 1.29 is 14.4 Å². The van der Waals surface area contributed by atoms with Crippen LogP contribution in [0.1, 0.15) is 38.6 Å². The molecular formula is C23H32N8O3. The van der Waals surface area contributed by atoms with Crippen LogP contribution in [0, 0.1) is 5.92 Å². The Kier molecular flexibility index (Phi) is 8.72. The van der Waals surface area contributed by atoms with Crippen LogP contribution in [-0.4, -0.2) is 57.8 Å². The molecule has 0 aromatic carbocycles. The van der Waals surface area contributed by atoms with E-state index in [-0.39, 0.29) is 30.1 Å². The van der Waals surface area contributed by atoms with Gasteiger partial charge < -0.3 is 26.6 Å². The van der Waals surface area contributed by atoms with Crippen LogP contribution in [0.4, 0.5) is 11.8 Å². The SMILES string of the molecule is CC(C)[C@H]1NC(=O)CCNc2cc(nc(NCc3ccccn3)n2)CCNC(=O)[C@H](C)NC1=O. The van der Waals surface area contributed by atoms with Gasteiger partial charge in [0.2, 0.25) is 23.7 Å². The molecule has 0 saturated heterocycles. The molecule has 1 aliphatic rings. The van der Waals surface area contributed by atoms with Crippen LogP contribution >= 0.6 is 0 Å². The standard InChI is InChI=1S/C23H32N8O3/c1-14(2)20-22(34)28-15(3)21(33)26-10-7-16-12-18(25-11-8-19(32)31-20)30-23(29-16)27-13-17-6-4-5-9-24-17/h4-6,9,12,14-15,20H,7-8,10-11,13H2,1-3H3,(H,26,33)(H,28,34)(H,31,32)(H2,25,27,29,30)/t15-,20+/m0/s1. The summed E-state index contributed by atoms with van der Waals surface area (Å²) in [6.07, 6.45) is 2.34. The van der Waals surface area contributed by atoms with Crippen LogP contribution < -0.4 is 26.6 Å². The minimum absolute atomic E-state index is 0.136. The maximum Gasteiger partial charge on any atom is 0.243 e. The topological polar surface area (TPSA) is 150 Å². The summed E-state index contributed by atoms with van der Waals surface area (Å²) in [4.78, 5) is 50.9. The summed E-state index contributed by atoms with van der Waals surface area (Å²) >= 11 is 0. The molecule has 2 bridgehead atoms. The lowest BCUT2D eigenvalue weighted by Gasteiger charge is -2.24. The molecule has 0 saturated carbocycles. The van der Waals surface area contributed by atoms with E-state index in [1.54, 1.807) is 19.2 Å². The summed E-state index contributed by atoms with van der Waals surface area (Å²) < 4.78 is 0. The van der Waals surface area contributed by atoms with E-state index < -0.39 is 12.1 Å². The lowest BCUT2D eigenvalue weighted by Crippen LogP contribution is -2.54. The molecular weight excluding hydrogens is 436 g/mol. The minimum atomic E-state index is -0.739. The van der Waals surface area contributed by atoms with Crippen molar-refractivity contribution in [3.8, 4) is 0 Å². The molecule has 0 aliphatic carbocycles. The van der Waals surface area contributed by atoms with E-state index in [4.69, 9.17) is 0 Å². The third kappa shape index (κ3) is 7.39. The third-order valence-corrected chi connectivity index (χ3v) is 5.29. The highest BCUT2D eigenvalue weighted by atomic mass is 16.2. The van der Waals surface area contributed by atoms with Crippen molar-refractivity contribution in [1.82, 2.24) is 30.9 Å². The van der Waals surface area contributed by atoms with E-state index >= 15 is 0 Å². The second-order valence-corrected chi connectivity index (χ2v) is 8.48. The Hall–Kier alpha value is -3.76. The van der Waals surface area contributed by atoms with Crippen molar-refractivity contribution in [2.45, 2.75) is 52.2 Å². The third-order valence-electron chi connectivity index (χ3n) is 5.29. The van der Waals surface area contributed by atoms with Crippen LogP contribution in [-0.2, 0) is 27.3 Å². The van der Waals surface area contributed by atoms with Crippen molar-refractivity contribution in [2.24, 2.45) is 5.92 Å². The van der Waals surface area contributed by atoms with E-state index in [9.17, 15) is 14.4 Å². The lowest BCUT2D eigenvalue weighted by molar-refractivity contribution is -0.132. The van der Waals surface area contributed by atoms with Gasteiger partial charge in [0.1, 0.15) is 17.9 Å². The maximum atomic E-state index is 12.6. The average Bonchev–Trinajstić information content (AvgIpc) is 2.81. The number of carbonyl (C=O) groups is 3. The molecule has 0 radical (unpaired) electrons. The number of rotatable bonds is 4. The number of amides is 3. The molecule has 0 spiro atoms. The fourth-order valence-electron chi connectivity index (χ4n) is 3.39. The molecule has 0 fully saturated rings. The summed E-state index contributed by atoms with van der Waals surface area (Å²) in [5.41, 5.74) is 1.56. The molecule has 3 amide bonds. The molecule has 182 valence electrons. The number of anilines is 2. The first-order valence-corrected chi connectivity index (χ1v) is 11.4. The number of hydrogen-bond donors (Lipinski definition) is 5. The van der Waals surface area contributed by atoms with Gasteiger partial charge in [0.15, 0.2) is 0 Å². The monoisotopic (exact) mass is 468 g/mol. The number of hydrogen-bond acceptors (Lipinski definition) is 8. The van der Waals surface area contributed by atoms with Gasteiger partial charge in [0, 0.05) is 43.9 Å². The van der Waals surface area contributed by atoms with Gasteiger partial charge in [-0.2, -0.15) is 4.98 Å². The van der Waals surface area contributed by atoms with E-state index in [1.807, 2.05) is 32.0 Å². The van der Waals surface area contributed by atoms with Gasteiger partial charge in [0.05, 0.1) is 12.2 Å². The second-order valence-electron chi connectivity index (χ2n) is 8.48. The highest BCUT2D eigenvalue weighted by molar-refractivity contribution is 5.92. The summed E-state index contributed by atoms with van der Waals surface area (Å²) in [6.45, 7) is 6.43. The van der Waals surface area contributed by atoms with Gasteiger partial charge in [0.25, 0.3) is 0 Å². The van der Waals surface area contributed by atoms with Gasteiger partial charge in [-0.15, -0.1) is 0 Å². The first-order valence-electron chi connectivity index (χ1n) is 11.4. The van der Waals surface area contributed by atoms with E-state index in [0.717, 1.165) is 11.4 Å². The molecule has 2 atom stereocenters. The number of carbonyl (C=O) groups excluding carboxylic acids is 3. The fraction of sp³-hybridized carbons (Fsp3) is 0.478. The fourth-order valence-corrected chi connectivity index (χ4v) is 3.39. The predicted molar refractivity (Wildman–Crippen MR) is 128 cm³/mol. The summed E-state index contributed by atoms with van der Waals surface area (Å²) in [7, 11) is 0. The van der Waals surface area contributed by atoms with Crippen LogP contribution in [0.5, 0.6) is 0 Å². The highest BCUT2D eigenvalue weighted by Gasteiger charge is 2.27. The van der Waals surface area contributed by atoms with Gasteiger partial charge in [-0.25, -0.2) is 4.98 Å². The molecule has 11 nitrogen and oxygen atoms in total. The number of aromatic nitrogens is 3. The van der Waals surface area contributed by atoms with E-state index in [1.165, 1.54) is 0 Å². The number of fused-ring (bicyclic) bond motifs is 2. The van der Waals surface area contributed by atoms with E-state index in [0.29, 0.717) is 37.8 Å². The van der Waals surface area contributed by atoms with Crippen LogP contribution in [0.3, 0.4) is 0 Å². The van der Waals surface area contributed by atoms with Crippen molar-refractivity contribution in [2.75, 3.05) is 23.7 Å². The van der Waals surface area contributed by atoms with Crippen molar-refractivity contribution >= 4 is 29.5 Å². The van der Waals surface area contributed by atoms with Crippen molar-refractivity contribution in [3.05, 3.63) is 41.9 Å². The predicted octanol–water partition coefficient (Wildman–Crippen LogP) is 0.604. The summed E-state index contributed by atoms with van der Waals surface area (Å²) in [5, 5.41) is 14.6. The van der Waals surface area contributed by atoms with Crippen molar-refractivity contribution in [3.63, 3.8) is 0 Å². The van der Waals surface area contributed by atoms with Crippen LogP contribution in [0.15, 0.2) is 30.5 Å². The molecule has 34 heavy (non-hydrogen) atoms. The summed E-state index contributed by atoms with van der Waals surface area (Å²) in [6, 6.07) is 5.98. The number of pyridine rings is 1. The quantitative estimate of drug-likeness (QED) is 0.438. The second kappa shape index (κ2) is 11.9. The van der Waals surface area contributed by atoms with Gasteiger partial charge in [-0.3, -0.25) is 19.4 Å². The molecule has 11 heteroatoms. The molecule has 2 aromatic rings. The smallest absolute Gasteiger partial charge is 0.243 e.